The Hall–Kier alpha value is -0.370. The Labute approximate surface area is 74.7 Å². The molecular weight excluding hydrogens is 148 g/mol. The largest absolute Gasteiger partial charge is 0.303 e. The van der Waals surface area contributed by atoms with Crippen molar-refractivity contribution in [3.8, 4) is 0 Å². The third-order valence-electron chi connectivity index (χ3n) is 2.87. The first-order valence-corrected chi connectivity index (χ1v) is 5.17. The molecule has 68 valence electrons. The number of fused-ring (bicyclic) bond motifs is 2. The molecule has 0 saturated carbocycles. The minimum absolute atomic E-state index is 0.757. The summed E-state index contributed by atoms with van der Waals surface area (Å²) in [6.45, 7) is 4.91. The van der Waals surface area contributed by atoms with Gasteiger partial charge in [0, 0.05) is 25.2 Å². The van der Waals surface area contributed by atoms with Crippen molar-refractivity contribution in [1.82, 2.24) is 4.90 Å². The molecule has 2 aliphatic heterocycles. The highest BCUT2D eigenvalue weighted by molar-refractivity contribution is 5.61. The number of nitrogens with zero attached hydrogens (tertiary/aromatic N) is 2. The predicted octanol–water partition coefficient (Wildman–Crippen LogP) is 1.56. The molecule has 2 bridgehead atoms. The second-order valence-electron chi connectivity index (χ2n) is 3.97. The predicted molar refractivity (Wildman–Crippen MR) is 51.8 cm³/mol. The molecule has 1 fully saturated rings. The lowest BCUT2D eigenvalue weighted by Crippen LogP contribution is -2.31. The molecule has 2 rings (SSSR count). The van der Waals surface area contributed by atoms with E-state index in [9.17, 15) is 0 Å². The maximum atomic E-state index is 4.44. The Morgan fingerprint density at radius 2 is 2.08 bits per heavy atom. The van der Waals surface area contributed by atoms with Gasteiger partial charge < -0.3 is 4.90 Å². The molecule has 0 spiro atoms. The fourth-order valence-corrected chi connectivity index (χ4v) is 2.19. The number of hydrogen-bond donors (Lipinski definition) is 0. The third kappa shape index (κ3) is 2.07. The highest BCUT2D eigenvalue weighted by Gasteiger charge is 2.17. The summed E-state index contributed by atoms with van der Waals surface area (Å²) < 4.78 is 0. The van der Waals surface area contributed by atoms with Crippen molar-refractivity contribution >= 4 is 6.21 Å². The average molecular weight is 166 g/mol. The van der Waals surface area contributed by atoms with E-state index in [4.69, 9.17) is 0 Å². The van der Waals surface area contributed by atoms with Gasteiger partial charge in [-0.15, -0.1) is 0 Å². The first-order valence-electron chi connectivity index (χ1n) is 5.17. The number of aliphatic imine (C=N–C) groups is 1. The van der Waals surface area contributed by atoms with Gasteiger partial charge in [-0.3, -0.25) is 4.99 Å². The van der Waals surface area contributed by atoms with Crippen LogP contribution in [0.2, 0.25) is 0 Å². The molecule has 0 aliphatic carbocycles. The van der Waals surface area contributed by atoms with Gasteiger partial charge in [-0.25, -0.2) is 0 Å². The Bertz CT molecular complexity index is 165. The van der Waals surface area contributed by atoms with Gasteiger partial charge in [0.05, 0.1) is 0 Å². The van der Waals surface area contributed by atoms with Gasteiger partial charge in [-0.05, 0) is 32.4 Å². The Morgan fingerprint density at radius 1 is 1.17 bits per heavy atom. The molecule has 2 aliphatic rings. The van der Waals surface area contributed by atoms with E-state index in [2.05, 4.69) is 16.1 Å². The Morgan fingerprint density at radius 3 is 3.08 bits per heavy atom. The SMILES string of the molecule is C1=NCCCN2CCCCC1C2. The van der Waals surface area contributed by atoms with Crippen LogP contribution in [0.4, 0.5) is 0 Å². The van der Waals surface area contributed by atoms with Crippen LogP contribution in [0.3, 0.4) is 0 Å². The topological polar surface area (TPSA) is 15.6 Å². The lowest BCUT2D eigenvalue weighted by Gasteiger charge is -2.23. The Kier molecular flexibility index (Phi) is 2.77. The molecular formula is C10H18N2. The monoisotopic (exact) mass is 166 g/mol. The van der Waals surface area contributed by atoms with E-state index in [1.54, 1.807) is 0 Å². The first kappa shape index (κ1) is 8.24. The quantitative estimate of drug-likeness (QED) is 0.533. The molecule has 2 atom stereocenters. The molecule has 0 N–H and O–H groups in total. The highest BCUT2D eigenvalue weighted by atomic mass is 15.1. The van der Waals surface area contributed by atoms with E-state index in [0.717, 1.165) is 12.5 Å². The molecule has 0 aromatic heterocycles. The van der Waals surface area contributed by atoms with E-state index in [1.165, 1.54) is 45.3 Å². The summed E-state index contributed by atoms with van der Waals surface area (Å²) in [5.41, 5.74) is 0. The summed E-state index contributed by atoms with van der Waals surface area (Å²) in [5, 5.41) is 0. The summed E-state index contributed by atoms with van der Waals surface area (Å²) >= 11 is 0. The molecule has 1 saturated heterocycles. The zero-order chi connectivity index (χ0) is 8.23. The molecule has 2 heterocycles. The van der Waals surface area contributed by atoms with Gasteiger partial charge in [-0.1, -0.05) is 6.42 Å². The molecule has 2 unspecified atom stereocenters. The normalized spacial score (nSPS) is 36.7. The standard InChI is InChI=1S/C10H18N2/c1-2-6-12-7-3-5-11-8-10(4-1)9-12/h8,10H,1-7,9H2. The van der Waals surface area contributed by atoms with Gasteiger partial charge in [0.1, 0.15) is 0 Å². The molecule has 0 radical (unpaired) electrons. The number of hydrogen-bond acceptors (Lipinski definition) is 2. The van der Waals surface area contributed by atoms with Crippen LogP contribution in [0.5, 0.6) is 0 Å². The third-order valence-corrected chi connectivity index (χ3v) is 2.87. The van der Waals surface area contributed by atoms with E-state index in [0.29, 0.717) is 0 Å². The maximum absolute atomic E-state index is 4.44. The fourth-order valence-electron chi connectivity index (χ4n) is 2.19. The van der Waals surface area contributed by atoms with Gasteiger partial charge in [-0.2, -0.15) is 0 Å². The first-order chi connectivity index (χ1) is 5.95. The molecule has 0 amide bonds. The summed E-state index contributed by atoms with van der Waals surface area (Å²) in [4.78, 5) is 7.06. The van der Waals surface area contributed by atoms with Crippen molar-refractivity contribution < 1.29 is 0 Å². The minimum Gasteiger partial charge on any atom is -0.303 e. The minimum atomic E-state index is 0.757. The van der Waals surface area contributed by atoms with Crippen molar-refractivity contribution in [3.63, 3.8) is 0 Å². The van der Waals surface area contributed by atoms with Crippen molar-refractivity contribution in [2.45, 2.75) is 25.7 Å². The second kappa shape index (κ2) is 4.04. The van der Waals surface area contributed by atoms with Crippen LogP contribution >= 0.6 is 0 Å². The summed E-state index contributed by atoms with van der Waals surface area (Å²) in [7, 11) is 0. The fraction of sp³-hybridized carbons (Fsp3) is 0.900. The summed E-state index contributed by atoms with van der Waals surface area (Å²) in [5.74, 6) is 0.757. The van der Waals surface area contributed by atoms with E-state index in [1.807, 2.05) is 0 Å². The highest BCUT2D eigenvalue weighted by Crippen LogP contribution is 2.16. The summed E-state index contributed by atoms with van der Waals surface area (Å²) in [6.07, 6.45) is 7.61. The lowest BCUT2D eigenvalue weighted by atomic mass is 10.0. The Balaban J connectivity index is 2.02. The molecule has 12 heavy (non-hydrogen) atoms. The van der Waals surface area contributed by atoms with Crippen LogP contribution in [0.1, 0.15) is 25.7 Å². The van der Waals surface area contributed by atoms with Gasteiger partial charge in [0.2, 0.25) is 0 Å². The second-order valence-corrected chi connectivity index (χ2v) is 3.97. The smallest absolute Gasteiger partial charge is 0.0397 e. The van der Waals surface area contributed by atoms with E-state index >= 15 is 0 Å². The zero-order valence-corrected chi connectivity index (χ0v) is 7.71. The van der Waals surface area contributed by atoms with Crippen molar-refractivity contribution in [2.24, 2.45) is 10.9 Å². The van der Waals surface area contributed by atoms with Crippen molar-refractivity contribution in [2.75, 3.05) is 26.2 Å². The molecule has 0 aromatic rings. The molecule has 0 aromatic carbocycles. The van der Waals surface area contributed by atoms with Crippen LogP contribution in [0, 0.1) is 5.92 Å². The summed E-state index contributed by atoms with van der Waals surface area (Å²) in [6, 6.07) is 0. The number of rotatable bonds is 0. The van der Waals surface area contributed by atoms with Crippen LogP contribution < -0.4 is 0 Å². The molecule has 2 nitrogen and oxygen atoms in total. The maximum Gasteiger partial charge on any atom is 0.0397 e. The van der Waals surface area contributed by atoms with E-state index in [-0.39, 0.29) is 0 Å². The molecule has 2 heteroatoms. The van der Waals surface area contributed by atoms with Crippen LogP contribution in [-0.4, -0.2) is 37.3 Å². The van der Waals surface area contributed by atoms with E-state index < -0.39 is 0 Å². The van der Waals surface area contributed by atoms with Crippen LogP contribution in [0.15, 0.2) is 4.99 Å². The lowest BCUT2D eigenvalue weighted by molar-refractivity contribution is 0.267. The van der Waals surface area contributed by atoms with Gasteiger partial charge in [0.15, 0.2) is 0 Å². The van der Waals surface area contributed by atoms with Gasteiger partial charge >= 0.3 is 0 Å². The van der Waals surface area contributed by atoms with Gasteiger partial charge in [0.25, 0.3) is 0 Å². The zero-order valence-electron chi connectivity index (χ0n) is 7.71. The van der Waals surface area contributed by atoms with Crippen molar-refractivity contribution in [3.05, 3.63) is 0 Å². The van der Waals surface area contributed by atoms with Crippen LogP contribution in [0.25, 0.3) is 0 Å². The van der Waals surface area contributed by atoms with Crippen molar-refractivity contribution in [1.29, 1.82) is 0 Å². The van der Waals surface area contributed by atoms with Crippen LogP contribution in [-0.2, 0) is 0 Å². The average Bonchev–Trinajstić information content (AvgIpc) is 2.25.